The molecule has 0 aliphatic rings. The minimum Gasteiger partial charge on any atom is -0.290 e. The maximum atomic E-state index is 12.4. The van der Waals surface area contributed by atoms with Crippen molar-refractivity contribution in [3.63, 3.8) is 0 Å². The largest absolute Gasteiger partial charge is 0.290 e. The SMILES string of the molecule is CCS(=O)(=O)C(Cl)(Br)C(=O)c1ccc(-c2ccccc2)cc1. The van der Waals surface area contributed by atoms with Crippen LogP contribution >= 0.6 is 27.5 Å². The molecule has 2 aromatic rings. The van der Waals surface area contributed by atoms with Crippen LogP contribution in [0.25, 0.3) is 11.1 Å². The van der Waals surface area contributed by atoms with Gasteiger partial charge in [-0.3, -0.25) is 4.79 Å². The molecule has 1 atom stereocenters. The Kier molecular flexibility index (Phi) is 5.10. The summed E-state index contributed by atoms with van der Waals surface area (Å²) in [6.07, 6.45) is 0. The monoisotopic (exact) mass is 400 g/mol. The van der Waals surface area contributed by atoms with E-state index in [4.69, 9.17) is 11.6 Å². The number of Topliss-reactive ketones (excluding diaryl/α,β-unsaturated/α-hetero) is 1. The van der Waals surface area contributed by atoms with E-state index in [0.717, 1.165) is 11.1 Å². The summed E-state index contributed by atoms with van der Waals surface area (Å²) in [5, 5.41) is 0. The lowest BCUT2D eigenvalue weighted by atomic mass is 10.0. The van der Waals surface area contributed by atoms with E-state index in [-0.39, 0.29) is 11.3 Å². The zero-order valence-corrected chi connectivity index (χ0v) is 15.0. The molecule has 0 saturated carbocycles. The van der Waals surface area contributed by atoms with Gasteiger partial charge in [-0.1, -0.05) is 73.1 Å². The summed E-state index contributed by atoms with van der Waals surface area (Å²) >= 11 is 8.81. The molecule has 0 N–H and O–H groups in total. The van der Waals surface area contributed by atoms with Crippen LogP contribution in [0.4, 0.5) is 0 Å². The highest BCUT2D eigenvalue weighted by Gasteiger charge is 2.45. The molecule has 0 radical (unpaired) electrons. The van der Waals surface area contributed by atoms with E-state index >= 15 is 0 Å². The molecular weight excluding hydrogens is 388 g/mol. The summed E-state index contributed by atoms with van der Waals surface area (Å²) in [4.78, 5) is 12.4. The third-order valence-electron chi connectivity index (χ3n) is 3.29. The van der Waals surface area contributed by atoms with Crippen LogP contribution in [0.3, 0.4) is 0 Å². The van der Waals surface area contributed by atoms with Crippen molar-refractivity contribution in [3.05, 3.63) is 60.2 Å². The Labute approximate surface area is 143 Å². The van der Waals surface area contributed by atoms with Gasteiger partial charge < -0.3 is 0 Å². The first-order chi connectivity index (χ1) is 10.3. The second kappa shape index (κ2) is 6.52. The molecule has 0 heterocycles. The molecule has 0 spiro atoms. The Morgan fingerprint density at radius 1 is 1.05 bits per heavy atom. The first-order valence-electron chi connectivity index (χ1n) is 6.60. The average Bonchev–Trinajstić information content (AvgIpc) is 2.55. The van der Waals surface area contributed by atoms with Gasteiger partial charge in [0.1, 0.15) is 0 Å². The predicted molar refractivity (Wildman–Crippen MR) is 93.2 cm³/mol. The summed E-state index contributed by atoms with van der Waals surface area (Å²) in [6, 6.07) is 16.4. The fourth-order valence-corrected chi connectivity index (χ4v) is 4.05. The molecule has 0 aliphatic heterocycles. The van der Waals surface area contributed by atoms with Crippen LogP contribution < -0.4 is 0 Å². The fraction of sp³-hybridized carbons (Fsp3) is 0.188. The topological polar surface area (TPSA) is 51.2 Å². The lowest BCUT2D eigenvalue weighted by molar-refractivity contribution is 0.1000. The molecule has 22 heavy (non-hydrogen) atoms. The van der Waals surface area contributed by atoms with Crippen molar-refractivity contribution in [1.82, 2.24) is 0 Å². The second-order valence-electron chi connectivity index (χ2n) is 4.69. The molecule has 0 aliphatic carbocycles. The third kappa shape index (κ3) is 3.26. The van der Waals surface area contributed by atoms with E-state index < -0.39 is 18.7 Å². The number of carbonyl (C=O) groups is 1. The molecular formula is C16H14BrClO3S. The van der Waals surface area contributed by atoms with Crippen LogP contribution in [0.2, 0.25) is 0 Å². The number of hydrogen-bond donors (Lipinski definition) is 0. The highest BCUT2D eigenvalue weighted by molar-refractivity contribution is 9.12. The van der Waals surface area contributed by atoms with Crippen molar-refractivity contribution in [2.75, 3.05) is 5.75 Å². The van der Waals surface area contributed by atoms with Gasteiger partial charge in [0, 0.05) is 5.56 Å². The third-order valence-corrected chi connectivity index (χ3v) is 7.73. The van der Waals surface area contributed by atoms with E-state index in [1.807, 2.05) is 30.3 Å². The molecule has 2 aromatic carbocycles. The van der Waals surface area contributed by atoms with Crippen molar-refractivity contribution in [2.45, 2.75) is 10.0 Å². The normalized spacial score (nSPS) is 14.3. The molecule has 6 heteroatoms. The summed E-state index contributed by atoms with van der Waals surface area (Å²) in [5.41, 5.74) is 2.19. The van der Waals surface area contributed by atoms with E-state index in [1.54, 1.807) is 24.3 Å². The fourth-order valence-electron chi connectivity index (χ4n) is 1.94. The Morgan fingerprint density at radius 2 is 1.55 bits per heavy atom. The molecule has 3 nitrogen and oxygen atoms in total. The minimum absolute atomic E-state index is 0.227. The van der Waals surface area contributed by atoms with Crippen LogP contribution in [-0.4, -0.2) is 23.1 Å². The number of hydrogen-bond acceptors (Lipinski definition) is 3. The van der Waals surface area contributed by atoms with Gasteiger partial charge in [0.25, 0.3) is 3.12 Å². The van der Waals surface area contributed by atoms with Gasteiger partial charge in [-0.05, 0) is 27.1 Å². The maximum absolute atomic E-state index is 12.4. The number of carbonyl (C=O) groups excluding carboxylic acids is 1. The van der Waals surface area contributed by atoms with Crippen molar-refractivity contribution < 1.29 is 13.2 Å². The first kappa shape index (κ1) is 17.2. The zero-order chi connectivity index (χ0) is 16.4. The van der Waals surface area contributed by atoms with Gasteiger partial charge in [-0.15, -0.1) is 0 Å². The van der Waals surface area contributed by atoms with Crippen molar-refractivity contribution >= 4 is 43.2 Å². The highest BCUT2D eigenvalue weighted by atomic mass is 79.9. The number of rotatable bonds is 5. The molecule has 2 rings (SSSR count). The summed E-state index contributed by atoms with van der Waals surface area (Å²) in [7, 11) is -3.77. The maximum Gasteiger partial charge on any atom is 0.261 e. The molecule has 0 aromatic heterocycles. The van der Waals surface area contributed by atoms with Crippen LogP contribution in [0.1, 0.15) is 17.3 Å². The quantitative estimate of drug-likeness (QED) is 0.555. The first-order valence-corrected chi connectivity index (χ1v) is 9.42. The van der Waals surface area contributed by atoms with E-state index in [1.165, 1.54) is 6.92 Å². The molecule has 0 bridgehead atoms. The minimum atomic E-state index is -3.77. The van der Waals surface area contributed by atoms with E-state index in [0.29, 0.717) is 0 Å². The lowest BCUT2D eigenvalue weighted by Gasteiger charge is -2.18. The number of ketones is 1. The number of sulfone groups is 1. The van der Waals surface area contributed by atoms with E-state index in [9.17, 15) is 13.2 Å². The molecule has 1 unspecified atom stereocenters. The van der Waals surface area contributed by atoms with Crippen molar-refractivity contribution in [1.29, 1.82) is 0 Å². The molecule has 0 fully saturated rings. The molecule has 0 saturated heterocycles. The van der Waals surface area contributed by atoms with E-state index in [2.05, 4.69) is 15.9 Å². The van der Waals surface area contributed by atoms with Gasteiger partial charge in [-0.2, -0.15) is 0 Å². The van der Waals surface area contributed by atoms with Crippen LogP contribution in [-0.2, 0) is 9.84 Å². The standard InChI is InChI=1S/C16H14BrClO3S/c1-2-22(20,21)16(17,18)15(19)14-10-8-13(9-11-14)12-6-4-3-5-7-12/h3-11H,2H2,1H3. The number of benzene rings is 2. The average molecular weight is 402 g/mol. The smallest absolute Gasteiger partial charge is 0.261 e. The van der Waals surface area contributed by atoms with Crippen LogP contribution in [0.5, 0.6) is 0 Å². The number of alkyl halides is 2. The Hall–Kier alpha value is -1.17. The van der Waals surface area contributed by atoms with Crippen molar-refractivity contribution in [3.8, 4) is 11.1 Å². The Balaban J connectivity index is 2.33. The summed E-state index contributed by atoms with van der Waals surface area (Å²) in [5.74, 6) is -0.911. The number of halogens is 2. The van der Waals surface area contributed by atoms with Gasteiger partial charge >= 0.3 is 0 Å². The summed E-state index contributed by atoms with van der Waals surface area (Å²) < 4.78 is 21.7. The molecule has 0 amide bonds. The summed E-state index contributed by atoms with van der Waals surface area (Å²) in [6.45, 7) is 1.44. The molecule has 116 valence electrons. The van der Waals surface area contributed by atoms with Crippen LogP contribution in [0, 0.1) is 0 Å². The van der Waals surface area contributed by atoms with Gasteiger partial charge in [-0.25, -0.2) is 8.42 Å². The van der Waals surface area contributed by atoms with Gasteiger partial charge in [0.15, 0.2) is 9.84 Å². The Morgan fingerprint density at radius 3 is 2.05 bits per heavy atom. The zero-order valence-electron chi connectivity index (χ0n) is 11.8. The lowest BCUT2D eigenvalue weighted by Crippen LogP contribution is -2.36. The second-order valence-corrected chi connectivity index (χ2v) is 10.1. The Bertz CT molecular complexity index is 769. The van der Waals surface area contributed by atoms with Gasteiger partial charge in [0.2, 0.25) is 5.78 Å². The highest BCUT2D eigenvalue weighted by Crippen LogP contribution is 2.35. The van der Waals surface area contributed by atoms with Crippen molar-refractivity contribution in [2.24, 2.45) is 0 Å². The van der Waals surface area contributed by atoms with Crippen LogP contribution in [0.15, 0.2) is 54.6 Å². The van der Waals surface area contributed by atoms with Gasteiger partial charge in [0.05, 0.1) is 5.75 Å². The predicted octanol–water partition coefficient (Wildman–Crippen LogP) is 4.26.